The molecule has 0 aliphatic carbocycles. The van der Waals surface area contributed by atoms with Gasteiger partial charge in [-0.05, 0) is 24.6 Å². The quantitative estimate of drug-likeness (QED) is 0.570. The molecule has 0 spiro atoms. The highest BCUT2D eigenvalue weighted by atomic mass is 16.3. The smallest absolute Gasteiger partial charge is 0.251 e. The molecule has 1 atom stereocenters. The van der Waals surface area contributed by atoms with Crippen molar-refractivity contribution in [2.45, 2.75) is 13.0 Å². The Labute approximate surface area is 93.4 Å². The Balaban J connectivity index is 2.63. The zero-order chi connectivity index (χ0) is 12.1. The van der Waals surface area contributed by atoms with Gasteiger partial charge < -0.3 is 20.6 Å². The number of hydrogen-bond donors (Lipinski definition) is 4. The summed E-state index contributed by atoms with van der Waals surface area (Å²) < 4.78 is 0. The van der Waals surface area contributed by atoms with Crippen LogP contribution in [0.15, 0.2) is 18.2 Å². The molecule has 0 bridgehead atoms. The van der Waals surface area contributed by atoms with Crippen molar-refractivity contribution in [2.75, 3.05) is 13.2 Å². The molecular formula is C11H15NO4. The van der Waals surface area contributed by atoms with Gasteiger partial charge in [0.05, 0.1) is 12.7 Å². The van der Waals surface area contributed by atoms with Gasteiger partial charge in [0.1, 0.15) is 5.75 Å². The molecule has 0 aromatic heterocycles. The maximum Gasteiger partial charge on any atom is 0.251 e. The second kappa shape index (κ2) is 5.48. The molecule has 1 amide bonds. The number of carbonyl (C=O) groups is 1. The Kier molecular flexibility index (Phi) is 4.28. The van der Waals surface area contributed by atoms with Gasteiger partial charge in [0.25, 0.3) is 5.91 Å². The molecule has 0 saturated carbocycles. The number of aromatic hydroxyl groups is 1. The van der Waals surface area contributed by atoms with Crippen molar-refractivity contribution in [3.8, 4) is 5.75 Å². The molecule has 0 aliphatic rings. The summed E-state index contributed by atoms with van der Waals surface area (Å²) in [5, 5.41) is 29.4. The molecule has 88 valence electrons. The minimum atomic E-state index is -0.969. The van der Waals surface area contributed by atoms with E-state index in [1.165, 1.54) is 6.07 Å². The molecule has 1 aromatic rings. The van der Waals surface area contributed by atoms with Gasteiger partial charge in [-0.1, -0.05) is 6.07 Å². The van der Waals surface area contributed by atoms with Crippen LogP contribution in [0.2, 0.25) is 0 Å². The number of aryl methyl sites for hydroxylation is 1. The Hall–Kier alpha value is -1.59. The highest BCUT2D eigenvalue weighted by molar-refractivity contribution is 5.94. The second-order valence-electron chi connectivity index (χ2n) is 3.55. The lowest BCUT2D eigenvalue weighted by molar-refractivity contribution is 0.0801. The van der Waals surface area contributed by atoms with Crippen molar-refractivity contribution in [2.24, 2.45) is 0 Å². The molecule has 16 heavy (non-hydrogen) atoms. The molecule has 4 N–H and O–H groups in total. The number of amides is 1. The van der Waals surface area contributed by atoms with E-state index >= 15 is 0 Å². The average Bonchev–Trinajstić information content (AvgIpc) is 2.29. The van der Waals surface area contributed by atoms with E-state index in [0.717, 1.165) is 0 Å². The molecule has 5 nitrogen and oxygen atoms in total. The van der Waals surface area contributed by atoms with Crippen molar-refractivity contribution < 1.29 is 20.1 Å². The predicted octanol–water partition coefficient (Wildman–Crippen LogP) is -0.216. The Morgan fingerprint density at radius 2 is 2.19 bits per heavy atom. The van der Waals surface area contributed by atoms with Gasteiger partial charge in [-0.25, -0.2) is 0 Å². The van der Waals surface area contributed by atoms with Crippen LogP contribution in [-0.4, -0.2) is 40.5 Å². The van der Waals surface area contributed by atoms with E-state index in [1.54, 1.807) is 19.1 Å². The highest BCUT2D eigenvalue weighted by Crippen LogP contribution is 2.17. The summed E-state index contributed by atoms with van der Waals surface area (Å²) in [7, 11) is 0. The van der Waals surface area contributed by atoms with E-state index < -0.39 is 18.6 Å². The first-order valence-corrected chi connectivity index (χ1v) is 4.91. The third-order valence-electron chi connectivity index (χ3n) is 2.18. The second-order valence-corrected chi connectivity index (χ2v) is 3.55. The minimum Gasteiger partial charge on any atom is -0.508 e. The van der Waals surface area contributed by atoms with Crippen molar-refractivity contribution in [1.82, 2.24) is 5.32 Å². The Bertz CT molecular complexity index is 378. The zero-order valence-electron chi connectivity index (χ0n) is 8.97. The van der Waals surface area contributed by atoms with E-state index in [2.05, 4.69) is 5.32 Å². The van der Waals surface area contributed by atoms with Crippen LogP contribution in [0.1, 0.15) is 15.9 Å². The molecule has 0 radical (unpaired) electrons. The summed E-state index contributed by atoms with van der Waals surface area (Å²) in [5.41, 5.74) is 1.00. The highest BCUT2D eigenvalue weighted by Gasteiger charge is 2.09. The monoisotopic (exact) mass is 225 g/mol. The number of phenolic OH excluding ortho intramolecular Hbond substituents is 1. The molecule has 0 aliphatic heterocycles. The summed E-state index contributed by atoms with van der Waals surface area (Å²) in [4.78, 5) is 11.5. The fourth-order valence-electron chi connectivity index (χ4n) is 1.13. The van der Waals surface area contributed by atoms with Crippen molar-refractivity contribution in [3.05, 3.63) is 29.3 Å². The fourth-order valence-corrected chi connectivity index (χ4v) is 1.13. The van der Waals surface area contributed by atoms with Gasteiger partial charge in [0, 0.05) is 12.1 Å². The number of benzene rings is 1. The average molecular weight is 225 g/mol. The molecule has 1 unspecified atom stereocenters. The van der Waals surface area contributed by atoms with E-state index in [-0.39, 0.29) is 12.3 Å². The topological polar surface area (TPSA) is 89.8 Å². The maximum atomic E-state index is 11.5. The lowest BCUT2D eigenvalue weighted by Gasteiger charge is -2.09. The van der Waals surface area contributed by atoms with Crippen molar-refractivity contribution >= 4 is 5.91 Å². The molecule has 0 heterocycles. The van der Waals surface area contributed by atoms with Gasteiger partial charge >= 0.3 is 0 Å². The van der Waals surface area contributed by atoms with E-state index in [4.69, 9.17) is 10.2 Å². The van der Waals surface area contributed by atoms with Gasteiger partial charge in [0.15, 0.2) is 0 Å². The van der Waals surface area contributed by atoms with Gasteiger partial charge in [-0.3, -0.25) is 4.79 Å². The summed E-state index contributed by atoms with van der Waals surface area (Å²) in [5.74, 6) is -0.349. The third-order valence-corrected chi connectivity index (χ3v) is 2.18. The van der Waals surface area contributed by atoms with Gasteiger partial charge in [-0.15, -0.1) is 0 Å². The number of carbonyl (C=O) groups excluding carboxylic acids is 1. The van der Waals surface area contributed by atoms with Crippen molar-refractivity contribution in [3.63, 3.8) is 0 Å². The van der Waals surface area contributed by atoms with E-state index in [0.29, 0.717) is 11.1 Å². The fraction of sp³-hybridized carbons (Fsp3) is 0.364. The molecule has 5 heteroatoms. The SMILES string of the molecule is Cc1ccc(C(=O)NCC(O)CO)cc1O. The maximum absolute atomic E-state index is 11.5. The molecule has 0 saturated heterocycles. The third kappa shape index (κ3) is 3.22. The summed E-state index contributed by atoms with van der Waals surface area (Å²) >= 11 is 0. The first kappa shape index (κ1) is 12.5. The van der Waals surface area contributed by atoms with Gasteiger partial charge in [-0.2, -0.15) is 0 Å². The number of aliphatic hydroxyl groups is 2. The van der Waals surface area contributed by atoms with Crippen LogP contribution in [0.3, 0.4) is 0 Å². The van der Waals surface area contributed by atoms with Crippen LogP contribution in [0, 0.1) is 6.92 Å². The molecule has 0 fully saturated rings. The molecule has 1 rings (SSSR count). The normalized spacial score (nSPS) is 12.2. The van der Waals surface area contributed by atoms with Crippen LogP contribution in [-0.2, 0) is 0 Å². The number of aliphatic hydroxyl groups excluding tert-OH is 2. The molecular weight excluding hydrogens is 210 g/mol. The first-order chi connectivity index (χ1) is 7.54. The van der Waals surface area contributed by atoms with E-state index in [1.807, 2.05) is 0 Å². The zero-order valence-corrected chi connectivity index (χ0v) is 8.97. The number of phenols is 1. The number of rotatable bonds is 4. The summed E-state index contributed by atoms with van der Waals surface area (Å²) in [6, 6.07) is 4.57. The number of hydrogen-bond acceptors (Lipinski definition) is 4. The molecule has 1 aromatic carbocycles. The van der Waals surface area contributed by atoms with Crippen LogP contribution >= 0.6 is 0 Å². The first-order valence-electron chi connectivity index (χ1n) is 4.91. The standard InChI is InChI=1S/C11H15NO4/c1-7-2-3-8(4-10(7)15)11(16)12-5-9(14)6-13/h2-4,9,13-15H,5-6H2,1H3,(H,12,16). The van der Waals surface area contributed by atoms with Crippen LogP contribution in [0.4, 0.5) is 0 Å². The lowest BCUT2D eigenvalue weighted by atomic mass is 10.1. The lowest BCUT2D eigenvalue weighted by Crippen LogP contribution is -2.33. The predicted molar refractivity (Wildman–Crippen MR) is 58.3 cm³/mol. The Morgan fingerprint density at radius 1 is 1.50 bits per heavy atom. The summed E-state index contributed by atoms with van der Waals surface area (Å²) in [6.07, 6.45) is -0.969. The van der Waals surface area contributed by atoms with Crippen LogP contribution in [0.5, 0.6) is 5.75 Å². The van der Waals surface area contributed by atoms with Gasteiger partial charge in [0.2, 0.25) is 0 Å². The van der Waals surface area contributed by atoms with Crippen LogP contribution < -0.4 is 5.32 Å². The van der Waals surface area contributed by atoms with Crippen molar-refractivity contribution in [1.29, 1.82) is 0 Å². The van der Waals surface area contributed by atoms with Crippen LogP contribution in [0.25, 0.3) is 0 Å². The summed E-state index contributed by atoms with van der Waals surface area (Å²) in [6.45, 7) is 1.30. The van der Waals surface area contributed by atoms with E-state index in [9.17, 15) is 9.90 Å². The largest absolute Gasteiger partial charge is 0.508 e. The Morgan fingerprint density at radius 3 is 2.75 bits per heavy atom. The number of nitrogens with one attached hydrogen (secondary N) is 1. The minimum absolute atomic E-state index is 0.0238.